The molecule has 1 aromatic carbocycles. The lowest BCUT2D eigenvalue weighted by Gasteiger charge is -2.09. The topological polar surface area (TPSA) is 76.1 Å². The summed E-state index contributed by atoms with van der Waals surface area (Å²) in [5, 5.41) is 6.00. The molecule has 0 spiro atoms. The van der Waals surface area contributed by atoms with E-state index >= 15 is 0 Å². The van der Waals surface area contributed by atoms with Crippen LogP contribution in [-0.4, -0.2) is 29.5 Å². The number of nitrogens with one attached hydrogen (secondary N) is 2. The maximum atomic E-state index is 12.2. The zero-order valence-corrected chi connectivity index (χ0v) is 14.4. The molecule has 2 N–H and O–H groups in total. The molecule has 0 bridgehead atoms. The summed E-state index contributed by atoms with van der Waals surface area (Å²) in [6.07, 6.45) is 3.20. The van der Waals surface area contributed by atoms with Gasteiger partial charge >= 0.3 is 0 Å². The number of benzene rings is 1. The average molecular weight is 328 g/mol. The fraction of sp³-hybridized carbons (Fsp3) is 0.389. The van der Waals surface area contributed by atoms with Crippen LogP contribution in [0.2, 0.25) is 0 Å². The van der Waals surface area contributed by atoms with Gasteiger partial charge in [-0.25, -0.2) is 9.97 Å². The SMILES string of the molecule is CCCCCNC(=O)c1cc(C)nc(Nc2ccc(OC)cc2)n1. The van der Waals surface area contributed by atoms with Crippen LogP contribution in [0, 0.1) is 6.92 Å². The van der Waals surface area contributed by atoms with Crippen molar-refractivity contribution in [1.82, 2.24) is 15.3 Å². The maximum Gasteiger partial charge on any atom is 0.270 e. The van der Waals surface area contributed by atoms with Crippen molar-refractivity contribution in [3.05, 3.63) is 41.7 Å². The number of aryl methyl sites for hydroxylation is 1. The third-order valence-corrected chi connectivity index (χ3v) is 3.50. The molecule has 0 aliphatic carbocycles. The number of ether oxygens (including phenoxy) is 1. The van der Waals surface area contributed by atoms with Crippen molar-refractivity contribution in [2.75, 3.05) is 19.0 Å². The molecule has 2 rings (SSSR count). The van der Waals surface area contributed by atoms with Crippen LogP contribution in [0.25, 0.3) is 0 Å². The van der Waals surface area contributed by atoms with E-state index in [1.54, 1.807) is 13.2 Å². The van der Waals surface area contributed by atoms with E-state index in [0.717, 1.165) is 36.4 Å². The van der Waals surface area contributed by atoms with Crippen molar-refractivity contribution >= 4 is 17.5 Å². The van der Waals surface area contributed by atoms with Gasteiger partial charge in [-0.05, 0) is 43.7 Å². The van der Waals surface area contributed by atoms with Gasteiger partial charge in [0.2, 0.25) is 5.95 Å². The highest BCUT2D eigenvalue weighted by Gasteiger charge is 2.10. The molecule has 24 heavy (non-hydrogen) atoms. The lowest BCUT2D eigenvalue weighted by Crippen LogP contribution is -2.25. The summed E-state index contributed by atoms with van der Waals surface area (Å²) in [6, 6.07) is 9.12. The first-order chi connectivity index (χ1) is 11.6. The molecule has 1 aromatic heterocycles. The first-order valence-electron chi connectivity index (χ1n) is 8.17. The molecule has 2 aromatic rings. The number of anilines is 2. The third kappa shape index (κ3) is 5.22. The van der Waals surface area contributed by atoms with Gasteiger partial charge < -0.3 is 15.4 Å². The lowest BCUT2D eigenvalue weighted by atomic mass is 10.2. The van der Waals surface area contributed by atoms with Crippen molar-refractivity contribution in [1.29, 1.82) is 0 Å². The van der Waals surface area contributed by atoms with E-state index in [2.05, 4.69) is 27.5 Å². The minimum Gasteiger partial charge on any atom is -0.497 e. The number of carbonyl (C=O) groups excluding carboxylic acids is 1. The Bertz CT molecular complexity index is 671. The second kappa shape index (κ2) is 8.86. The predicted molar refractivity (Wildman–Crippen MR) is 94.9 cm³/mol. The van der Waals surface area contributed by atoms with E-state index in [1.807, 2.05) is 31.2 Å². The molecule has 0 fully saturated rings. The van der Waals surface area contributed by atoms with Crippen molar-refractivity contribution in [2.24, 2.45) is 0 Å². The Hall–Kier alpha value is -2.63. The Morgan fingerprint density at radius 3 is 2.58 bits per heavy atom. The van der Waals surface area contributed by atoms with Crippen LogP contribution in [0.3, 0.4) is 0 Å². The lowest BCUT2D eigenvalue weighted by molar-refractivity contribution is 0.0948. The van der Waals surface area contributed by atoms with Crippen molar-refractivity contribution in [3.8, 4) is 5.75 Å². The van der Waals surface area contributed by atoms with Gasteiger partial charge in [0.15, 0.2) is 0 Å². The van der Waals surface area contributed by atoms with E-state index in [9.17, 15) is 4.79 Å². The van der Waals surface area contributed by atoms with Gasteiger partial charge in [0.1, 0.15) is 11.4 Å². The molecule has 0 unspecified atom stereocenters. The molecule has 0 saturated heterocycles. The number of carbonyl (C=O) groups is 1. The minimum absolute atomic E-state index is 0.172. The quantitative estimate of drug-likeness (QED) is 0.726. The zero-order valence-electron chi connectivity index (χ0n) is 14.4. The van der Waals surface area contributed by atoms with E-state index < -0.39 is 0 Å². The highest BCUT2D eigenvalue weighted by atomic mass is 16.5. The second-order valence-electron chi connectivity index (χ2n) is 5.53. The van der Waals surface area contributed by atoms with Gasteiger partial charge in [0.25, 0.3) is 5.91 Å². The molecular weight excluding hydrogens is 304 g/mol. The third-order valence-electron chi connectivity index (χ3n) is 3.50. The molecule has 128 valence electrons. The highest BCUT2D eigenvalue weighted by Crippen LogP contribution is 2.18. The predicted octanol–water partition coefficient (Wildman–Crippen LogP) is 3.46. The Kier molecular flexibility index (Phi) is 6.54. The van der Waals surface area contributed by atoms with Crippen LogP contribution < -0.4 is 15.4 Å². The average Bonchev–Trinajstić information content (AvgIpc) is 2.58. The minimum atomic E-state index is -0.172. The molecule has 0 radical (unpaired) electrons. The number of aromatic nitrogens is 2. The molecule has 6 heteroatoms. The number of nitrogens with zero attached hydrogens (tertiary/aromatic N) is 2. The number of rotatable bonds is 8. The van der Waals surface area contributed by atoms with E-state index in [4.69, 9.17) is 4.74 Å². The van der Waals surface area contributed by atoms with Gasteiger partial charge in [-0.2, -0.15) is 0 Å². The molecule has 1 heterocycles. The summed E-state index contributed by atoms with van der Waals surface area (Å²) in [5.41, 5.74) is 1.94. The van der Waals surface area contributed by atoms with Crippen LogP contribution in [0.15, 0.2) is 30.3 Å². The summed E-state index contributed by atoms with van der Waals surface area (Å²) in [4.78, 5) is 20.8. The Morgan fingerprint density at radius 2 is 1.92 bits per heavy atom. The fourth-order valence-electron chi connectivity index (χ4n) is 2.21. The monoisotopic (exact) mass is 328 g/mol. The van der Waals surface area contributed by atoms with Crippen molar-refractivity contribution < 1.29 is 9.53 Å². The normalized spacial score (nSPS) is 10.3. The molecule has 0 atom stereocenters. The van der Waals surface area contributed by atoms with Crippen LogP contribution >= 0.6 is 0 Å². The van der Waals surface area contributed by atoms with Gasteiger partial charge in [-0.3, -0.25) is 4.79 Å². The molecule has 6 nitrogen and oxygen atoms in total. The van der Waals surface area contributed by atoms with E-state index in [1.165, 1.54) is 0 Å². The Morgan fingerprint density at radius 1 is 1.17 bits per heavy atom. The van der Waals surface area contributed by atoms with Crippen molar-refractivity contribution in [2.45, 2.75) is 33.1 Å². The molecule has 0 aliphatic heterocycles. The number of amides is 1. The van der Waals surface area contributed by atoms with Crippen LogP contribution in [-0.2, 0) is 0 Å². The smallest absolute Gasteiger partial charge is 0.270 e. The first-order valence-corrected chi connectivity index (χ1v) is 8.17. The molecule has 0 aliphatic rings. The molecule has 0 saturated carbocycles. The molecule has 1 amide bonds. The Labute approximate surface area is 142 Å². The molecular formula is C18H24N4O2. The van der Waals surface area contributed by atoms with E-state index in [-0.39, 0.29) is 5.91 Å². The van der Waals surface area contributed by atoms with Crippen LogP contribution in [0.1, 0.15) is 42.4 Å². The number of unbranched alkanes of at least 4 members (excludes halogenated alkanes) is 2. The summed E-state index contributed by atoms with van der Waals surface area (Å²) >= 11 is 0. The largest absolute Gasteiger partial charge is 0.497 e. The highest BCUT2D eigenvalue weighted by molar-refractivity contribution is 5.92. The first kappa shape index (κ1) is 17.7. The fourth-order valence-corrected chi connectivity index (χ4v) is 2.21. The van der Waals surface area contributed by atoms with Gasteiger partial charge in [0, 0.05) is 17.9 Å². The number of hydrogen-bond donors (Lipinski definition) is 2. The summed E-state index contributed by atoms with van der Waals surface area (Å²) in [6.45, 7) is 4.64. The maximum absolute atomic E-state index is 12.2. The van der Waals surface area contributed by atoms with Gasteiger partial charge in [-0.1, -0.05) is 19.8 Å². The van der Waals surface area contributed by atoms with Crippen LogP contribution in [0.5, 0.6) is 5.75 Å². The summed E-state index contributed by atoms with van der Waals surface area (Å²) in [7, 11) is 1.62. The van der Waals surface area contributed by atoms with Gasteiger partial charge in [-0.15, -0.1) is 0 Å². The number of hydrogen-bond acceptors (Lipinski definition) is 5. The second-order valence-corrected chi connectivity index (χ2v) is 5.53. The summed E-state index contributed by atoms with van der Waals surface area (Å²) in [5.74, 6) is 1.01. The summed E-state index contributed by atoms with van der Waals surface area (Å²) < 4.78 is 5.13. The Balaban J connectivity index is 2.05. The van der Waals surface area contributed by atoms with Gasteiger partial charge in [0.05, 0.1) is 7.11 Å². The van der Waals surface area contributed by atoms with Crippen molar-refractivity contribution in [3.63, 3.8) is 0 Å². The zero-order chi connectivity index (χ0) is 17.4. The number of methoxy groups -OCH3 is 1. The standard InChI is InChI=1S/C18H24N4O2/c1-4-5-6-11-19-17(23)16-12-13(2)20-18(22-16)21-14-7-9-15(24-3)10-8-14/h7-10,12H,4-6,11H2,1-3H3,(H,19,23)(H,20,21,22). The van der Waals surface area contributed by atoms with E-state index in [0.29, 0.717) is 18.2 Å². The van der Waals surface area contributed by atoms with Crippen LogP contribution in [0.4, 0.5) is 11.6 Å².